The van der Waals surface area contributed by atoms with E-state index in [9.17, 15) is 9.59 Å². The summed E-state index contributed by atoms with van der Waals surface area (Å²) in [5, 5.41) is 0. The zero-order valence-electron chi connectivity index (χ0n) is 21.3. The van der Waals surface area contributed by atoms with Crippen LogP contribution in [0.5, 0.6) is 0 Å². The van der Waals surface area contributed by atoms with E-state index in [1.165, 1.54) is 11.1 Å². The van der Waals surface area contributed by atoms with Gasteiger partial charge in [-0.15, -0.1) is 0 Å². The van der Waals surface area contributed by atoms with Gasteiger partial charge in [0.25, 0.3) is 0 Å². The largest absolute Gasteiger partial charge is 0.299 e. The lowest BCUT2D eigenvalue weighted by molar-refractivity contribution is -0.118. The first-order valence-electron chi connectivity index (χ1n) is 12.4. The van der Waals surface area contributed by atoms with Crippen LogP contribution in [-0.2, 0) is 11.2 Å². The molecule has 0 unspecified atom stereocenters. The molecule has 0 aliphatic carbocycles. The predicted octanol–water partition coefficient (Wildman–Crippen LogP) is 7.79. The number of nitrogens with zero attached hydrogens (tertiary/aromatic N) is 2. The van der Waals surface area contributed by atoms with E-state index in [0.717, 1.165) is 11.3 Å². The van der Waals surface area contributed by atoms with E-state index < -0.39 is 0 Å². The first-order chi connectivity index (χ1) is 17.4. The van der Waals surface area contributed by atoms with Gasteiger partial charge in [-0.05, 0) is 35.4 Å². The smallest absolute Gasteiger partial charge is 0.183 e. The van der Waals surface area contributed by atoms with Gasteiger partial charge in [-0.1, -0.05) is 112 Å². The molecule has 0 amide bonds. The van der Waals surface area contributed by atoms with Gasteiger partial charge in [0.05, 0.1) is 11.9 Å². The SMILES string of the molecule is C.C[C@@H](CC(=O)Cc1ccccc1)c1ccccc1.Cc1cnc(C(=O)C[C@H](C)c2ccccc2)cn1. The molecule has 1 heterocycles. The van der Waals surface area contributed by atoms with Crippen molar-refractivity contribution < 1.29 is 9.59 Å². The highest BCUT2D eigenvalue weighted by Crippen LogP contribution is 2.21. The van der Waals surface area contributed by atoms with Gasteiger partial charge in [0.1, 0.15) is 11.5 Å². The Bertz CT molecular complexity index is 1210. The number of carbonyl (C=O) groups excluding carboxylic acids is 2. The standard InChI is InChI=1S/C17H18O.C15H16N2O.CH4/c1-14(16-10-6-3-7-11-16)12-17(18)13-15-8-4-2-5-9-15;1-11(13-6-4-3-5-7-13)8-15(18)14-10-16-12(2)9-17-14;/h2-11,14H,12-13H2,1H3;3-7,9-11H,8H2,1-2H3;1H4/t14-;11-;/m00./s1. The van der Waals surface area contributed by atoms with Crippen LogP contribution < -0.4 is 0 Å². The number of ketones is 2. The van der Waals surface area contributed by atoms with E-state index in [1.807, 2.05) is 85.8 Å². The summed E-state index contributed by atoms with van der Waals surface area (Å²) in [5.74, 6) is 0.834. The molecule has 4 rings (SSSR count). The molecule has 0 N–H and O–H groups in total. The van der Waals surface area contributed by atoms with Crippen molar-refractivity contribution in [3.05, 3.63) is 131 Å². The fourth-order valence-electron chi connectivity index (χ4n) is 3.96. The van der Waals surface area contributed by atoms with Gasteiger partial charge >= 0.3 is 0 Å². The molecule has 0 fully saturated rings. The van der Waals surface area contributed by atoms with Crippen molar-refractivity contribution in [2.45, 2.75) is 59.3 Å². The van der Waals surface area contributed by atoms with Crippen molar-refractivity contribution in [2.75, 3.05) is 0 Å². The lowest BCUT2D eigenvalue weighted by Crippen LogP contribution is -2.07. The molecule has 4 heteroatoms. The zero-order chi connectivity index (χ0) is 25.8. The third-order valence-corrected chi connectivity index (χ3v) is 6.07. The fourth-order valence-corrected chi connectivity index (χ4v) is 3.96. The highest BCUT2D eigenvalue weighted by Gasteiger charge is 2.14. The molecule has 37 heavy (non-hydrogen) atoms. The van der Waals surface area contributed by atoms with Gasteiger partial charge in [0.15, 0.2) is 5.78 Å². The maximum absolute atomic E-state index is 12.0. The fraction of sp³-hybridized carbons (Fsp3) is 0.273. The molecule has 3 aromatic carbocycles. The van der Waals surface area contributed by atoms with Crippen molar-refractivity contribution in [3.63, 3.8) is 0 Å². The second-order valence-electron chi connectivity index (χ2n) is 9.20. The number of benzene rings is 3. The minimum atomic E-state index is 0. The maximum atomic E-state index is 12.0. The average Bonchev–Trinajstić information content (AvgIpc) is 2.91. The van der Waals surface area contributed by atoms with Crippen LogP contribution in [0.25, 0.3) is 0 Å². The summed E-state index contributed by atoms with van der Waals surface area (Å²) in [7, 11) is 0. The number of aryl methyl sites for hydroxylation is 1. The Labute approximate surface area is 221 Å². The molecule has 0 saturated heterocycles. The highest BCUT2D eigenvalue weighted by atomic mass is 16.1. The Balaban J connectivity index is 0.000000253. The van der Waals surface area contributed by atoms with E-state index in [0.29, 0.717) is 36.7 Å². The molecule has 0 aliphatic rings. The van der Waals surface area contributed by atoms with Crippen molar-refractivity contribution in [2.24, 2.45) is 0 Å². The lowest BCUT2D eigenvalue weighted by atomic mass is 9.93. The van der Waals surface area contributed by atoms with Gasteiger partial charge in [-0.25, -0.2) is 4.98 Å². The van der Waals surface area contributed by atoms with Crippen LogP contribution in [0.3, 0.4) is 0 Å². The number of Topliss-reactive ketones (excluding diaryl/α,β-unsaturated/α-hetero) is 2. The third-order valence-electron chi connectivity index (χ3n) is 6.07. The summed E-state index contributed by atoms with van der Waals surface area (Å²) < 4.78 is 0. The molecule has 0 aliphatic heterocycles. The maximum Gasteiger partial charge on any atom is 0.183 e. The Morgan fingerprint density at radius 3 is 1.65 bits per heavy atom. The number of hydrogen-bond donors (Lipinski definition) is 0. The van der Waals surface area contributed by atoms with Gasteiger partial charge in [-0.3, -0.25) is 14.6 Å². The van der Waals surface area contributed by atoms with Crippen LogP contribution in [0.15, 0.2) is 103 Å². The molecule has 0 bridgehead atoms. The van der Waals surface area contributed by atoms with Crippen molar-refractivity contribution >= 4 is 11.6 Å². The van der Waals surface area contributed by atoms with Crippen LogP contribution in [0.2, 0.25) is 0 Å². The Morgan fingerprint density at radius 1 is 0.676 bits per heavy atom. The minimum Gasteiger partial charge on any atom is -0.299 e. The third kappa shape index (κ3) is 9.92. The molecule has 192 valence electrons. The average molecular weight is 495 g/mol. The van der Waals surface area contributed by atoms with E-state index in [4.69, 9.17) is 0 Å². The Kier molecular flexibility index (Phi) is 12.1. The molecular formula is C33H38N2O2. The molecule has 4 nitrogen and oxygen atoms in total. The zero-order valence-corrected chi connectivity index (χ0v) is 21.3. The molecule has 1 aromatic heterocycles. The quantitative estimate of drug-likeness (QED) is 0.223. The van der Waals surface area contributed by atoms with Gasteiger partial charge in [-0.2, -0.15) is 0 Å². The molecule has 4 aromatic rings. The van der Waals surface area contributed by atoms with Crippen molar-refractivity contribution in [1.82, 2.24) is 9.97 Å². The second-order valence-corrected chi connectivity index (χ2v) is 9.20. The topological polar surface area (TPSA) is 59.9 Å². The van der Waals surface area contributed by atoms with E-state index in [2.05, 4.69) is 35.9 Å². The normalized spacial score (nSPS) is 11.8. The van der Waals surface area contributed by atoms with Crippen LogP contribution in [-0.4, -0.2) is 21.5 Å². The molecule has 2 atom stereocenters. The molecule has 0 saturated carbocycles. The number of hydrogen-bond acceptors (Lipinski definition) is 4. The number of rotatable bonds is 9. The predicted molar refractivity (Wildman–Crippen MR) is 152 cm³/mol. The van der Waals surface area contributed by atoms with Crippen LogP contribution >= 0.6 is 0 Å². The first-order valence-corrected chi connectivity index (χ1v) is 12.4. The van der Waals surface area contributed by atoms with Gasteiger partial charge < -0.3 is 0 Å². The van der Waals surface area contributed by atoms with Crippen LogP contribution in [0, 0.1) is 6.92 Å². The first kappa shape index (κ1) is 29.3. The Morgan fingerprint density at radius 2 is 1.16 bits per heavy atom. The summed E-state index contributed by atoms with van der Waals surface area (Å²) in [4.78, 5) is 32.2. The van der Waals surface area contributed by atoms with Crippen molar-refractivity contribution in [3.8, 4) is 0 Å². The summed E-state index contributed by atoms with van der Waals surface area (Å²) in [6, 6.07) is 30.2. The number of carbonyl (C=O) groups is 2. The number of aromatic nitrogens is 2. The molecular weight excluding hydrogens is 456 g/mol. The van der Waals surface area contributed by atoms with Crippen LogP contribution in [0.4, 0.5) is 0 Å². The molecule has 0 spiro atoms. The Hall–Kier alpha value is -3.92. The monoisotopic (exact) mass is 494 g/mol. The summed E-state index contributed by atoms with van der Waals surface area (Å²) in [6.07, 6.45) is 4.79. The second kappa shape index (κ2) is 15.2. The van der Waals surface area contributed by atoms with Crippen LogP contribution in [0.1, 0.15) is 78.8 Å². The minimum absolute atomic E-state index is 0. The summed E-state index contributed by atoms with van der Waals surface area (Å²) in [5.41, 5.74) is 4.78. The van der Waals surface area contributed by atoms with Gasteiger partial charge in [0, 0.05) is 25.5 Å². The van der Waals surface area contributed by atoms with E-state index >= 15 is 0 Å². The summed E-state index contributed by atoms with van der Waals surface area (Å²) >= 11 is 0. The van der Waals surface area contributed by atoms with E-state index in [-0.39, 0.29) is 19.1 Å². The molecule has 0 radical (unpaired) electrons. The summed E-state index contributed by atoms with van der Waals surface area (Å²) in [6.45, 7) is 6.01. The lowest BCUT2D eigenvalue weighted by Gasteiger charge is -2.10. The van der Waals surface area contributed by atoms with E-state index in [1.54, 1.807) is 12.4 Å². The van der Waals surface area contributed by atoms with Crippen molar-refractivity contribution in [1.29, 1.82) is 0 Å². The van der Waals surface area contributed by atoms with Gasteiger partial charge in [0.2, 0.25) is 0 Å². The highest BCUT2D eigenvalue weighted by molar-refractivity contribution is 5.94.